The molecule has 4 amide bonds. The van der Waals surface area contributed by atoms with Crippen LogP contribution in [0, 0.1) is 30.9 Å². The molecule has 1 saturated heterocycles. The van der Waals surface area contributed by atoms with E-state index >= 15 is 0 Å². The molecule has 0 saturated carbocycles. The van der Waals surface area contributed by atoms with Crippen molar-refractivity contribution < 1.29 is 19.1 Å². The standard InChI is InChI=1S/C23H30N4O4/c1-14(2)12-18(19-21(28)24(5)23(30)25(6)22(19)29)20-26(15(3)16(4)27(20)31)13-17-10-8-7-9-11-17/h7-11,14,18-19H,12-13H2,1-6H3/t18-/m0/s1. The van der Waals surface area contributed by atoms with Crippen LogP contribution in [0.1, 0.15) is 49.0 Å². The molecule has 31 heavy (non-hydrogen) atoms. The third-order valence-electron chi connectivity index (χ3n) is 6.13. The first-order valence-electron chi connectivity index (χ1n) is 10.5. The molecule has 1 aliphatic heterocycles. The van der Waals surface area contributed by atoms with Gasteiger partial charge in [0.15, 0.2) is 0 Å². The average Bonchev–Trinajstić information content (AvgIpc) is 2.94. The second-order valence-electron chi connectivity index (χ2n) is 8.69. The van der Waals surface area contributed by atoms with E-state index in [1.165, 1.54) is 14.1 Å². The van der Waals surface area contributed by atoms with E-state index < -0.39 is 29.7 Å². The molecule has 0 N–H and O–H groups in total. The summed E-state index contributed by atoms with van der Waals surface area (Å²) >= 11 is 0. The van der Waals surface area contributed by atoms with Crippen molar-refractivity contribution in [3.05, 3.63) is 58.3 Å². The van der Waals surface area contributed by atoms with Gasteiger partial charge < -0.3 is 5.21 Å². The van der Waals surface area contributed by atoms with Gasteiger partial charge in [0.1, 0.15) is 23.9 Å². The van der Waals surface area contributed by atoms with Crippen LogP contribution in [0.4, 0.5) is 4.79 Å². The van der Waals surface area contributed by atoms with E-state index in [1.807, 2.05) is 55.7 Å². The number of aromatic nitrogens is 2. The summed E-state index contributed by atoms with van der Waals surface area (Å²) in [7, 11) is 2.75. The monoisotopic (exact) mass is 426 g/mol. The number of carbonyl (C=O) groups is 3. The number of imide groups is 2. The quantitative estimate of drug-likeness (QED) is 0.403. The lowest BCUT2D eigenvalue weighted by atomic mass is 9.81. The lowest BCUT2D eigenvalue weighted by Crippen LogP contribution is -2.59. The highest BCUT2D eigenvalue weighted by Gasteiger charge is 2.50. The molecule has 2 aromatic rings. The highest BCUT2D eigenvalue weighted by atomic mass is 16.5. The SMILES string of the molecule is Cc1c(C)[n+]([O-])c([C@@H](CC(C)C)C2C(=O)N(C)C(=O)N(C)C2=O)n1Cc1ccccc1. The van der Waals surface area contributed by atoms with Gasteiger partial charge in [-0.05, 0) is 17.9 Å². The van der Waals surface area contributed by atoms with Gasteiger partial charge in [0.05, 0.1) is 5.92 Å². The van der Waals surface area contributed by atoms with Crippen molar-refractivity contribution >= 4 is 17.8 Å². The molecule has 1 fully saturated rings. The van der Waals surface area contributed by atoms with Gasteiger partial charge in [0.25, 0.3) is 5.82 Å². The molecule has 0 radical (unpaired) electrons. The van der Waals surface area contributed by atoms with Crippen molar-refractivity contribution in [2.45, 2.75) is 46.6 Å². The van der Waals surface area contributed by atoms with Gasteiger partial charge in [-0.1, -0.05) is 44.2 Å². The first-order valence-corrected chi connectivity index (χ1v) is 10.5. The number of benzene rings is 1. The number of hydrogen-bond donors (Lipinski definition) is 0. The Morgan fingerprint density at radius 2 is 1.55 bits per heavy atom. The second-order valence-corrected chi connectivity index (χ2v) is 8.69. The predicted molar refractivity (Wildman–Crippen MR) is 115 cm³/mol. The van der Waals surface area contributed by atoms with Crippen LogP contribution in [0.3, 0.4) is 0 Å². The minimum atomic E-state index is -1.13. The molecule has 8 nitrogen and oxygen atoms in total. The Kier molecular flexibility index (Phi) is 6.20. The molecule has 1 atom stereocenters. The molecule has 0 unspecified atom stereocenters. The minimum Gasteiger partial charge on any atom is -0.711 e. The average molecular weight is 427 g/mol. The zero-order valence-electron chi connectivity index (χ0n) is 19.0. The van der Waals surface area contributed by atoms with Crippen LogP contribution < -0.4 is 4.73 Å². The van der Waals surface area contributed by atoms with Crippen LogP contribution in [0.2, 0.25) is 0 Å². The fourth-order valence-electron chi connectivity index (χ4n) is 4.29. The summed E-state index contributed by atoms with van der Waals surface area (Å²) in [6.45, 7) is 8.04. The third-order valence-corrected chi connectivity index (χ3v) is 6.13. The van der Waals surface area contributed by atoms with Gasteiger partial charge in [-0.2, -0.15) is 0 Å². The maximum Gasteiger partial charge on any atom is 0.332 e. The van der Waals surface area contributed by atoms with Crippen LogP contribution in [0.5, 0.6) is 0 Å². The van der Waals surface area contributed by atoms with E-state index in [-0.39, 0.29) is 5.92 Å². The van der Waals surface area contributed by atoms with E-state index in [9.17, 15) is 19.6 Å². The molecule has 1 aliphatic rings. The summed E-state index contributed by atoms with van der Waals surface area (Å²) in [6.07, 6.45) is 0.456. The third kappa shape index (κ3) is 3.94. The number of rotatable bonds is 6. The summed E-state index contributed by atoms with van der Waals surface area (Å²) in [6, 6.07) is 9.08. The summed E-state index contributed by atoms with van der Waals surface area (Å²) in [5.41, 5.74) is 2.33. The van der Waals surface area contributed by atoms with Gasteiger partial charge in [-0.15, -0.1) is 0 Å². The van der Waals surface area contributed by atoms with Gasteiger partial charge in [0.2, 0.25) is 11.8 Å². The van der Waals surface area contributed by atoms with E-state index in [0.29, 0.717) is 24.5 Å². The van der Waals surface area contributed by atoms with Crippen LogP contribution in [-0.4, -0.2) is 46.3 Å². The first kappa shape index (κ1) is 22.5. The van der Waals surface area contributed by atoms with Crippen molar-refractivity contribution in [2.24, 2.45) is 11.8 Å². The Morgan fingerprint density at radius 1 is 1.00 bits per heavy atom. The first-order chi connectivity index (χ1) is 14.6. The number of urea groups is 1. The lowest BCUT2D eigenvalue weighted by Gasteiger charge is -2.36. The van der Waals surface area contributed by atoms with Crippen LogP contribution in [0.15, 0.2) is 30.3 Å². The number of nitrogens with zero attached hydrogens (tertiary/aromatic N) is 4. The summed E-state index contributed by atoms with van der Waals surface area (Å²) in [5, 5.41) is 13.3. The van der Waals surface area contributed by atoms with E-state index in [1.54, 1.807) is 6.92 Å². The summed E-state index contributed by atoms with van der Waals surface area (Å²) in [5.74, 6) is -2.41. The number of carbonyl (C=O) groups excluding carboxylic acids is 3. The molecule has 166 valence electrons. The van der Waals surface area contributed by atoms with Crippen LogP contribution >= 0.6 is 0 Å². The molecule has 2 heterocycles. The van der Waals surface area contributed by atoms with Crippen LogP contribution in [-0.2, 0) is 16.1 Å². The lowest BCUT2D eigenvalue weighted by molar-refractivity contribution is -0.622. The predicted octanol–water partition coefficient (Wildman–Crippen LogP) is 2.58. The maximum atomic E-state index is 13.3. The zero-order chi connectivity index (χ0) is 23.0. The number of imidazole rings is 1. The largest absolute Gasteiger partial charge is 0.711 e. The molecule has 0 bridgehead atoms. The highest BCUT2D eigenvalue weighted by molar-refractivity contribution is 6.16. The van der Waals surface area contributed by atoms with Crippen molar-refractivity contribution in [3.8, 4) is 0 Å². The molecular formula is C23H30N4O4. The number of hydrogen-bond acceptors (Lipinski definition) is 4. The fraction of sp³-hybridized carbons (Fsp3) is 0.478. The van der Waals surface area contributed by atoms with Crippen molar-refractivity contribution in [1.29, 1.82) is 0 Å². The summed E-state index contributed by atoms with van der Waals surface area (Å²) in [4.78, 5) is 40.4. The fourth-order valence-corrected chi connectivity index (χ4v) is 4.29. The van der Waals surface area contributed by atoms with E-state index in [4.69, 9.17) is 0 Å². The second kappa shape index (κ2) is 8.53. The highest BCUT2D eigenvalue weighted by Crippen LogP contribution is 2.35. The molecule has 1 aromatic heterocycles. The zero-order valence-corrected chi connectivity index (χ0v) is 19.0. The smallest absolute Gasteiger partial charge is 0.332 e. The van der Waals surface area contributed by atoms with Crippen LogP contribution in [0.25, 0.3) is 0 Å². The molecular weight excluding hydrogens is 396 g/mol. The van der Waals surface area contributed by atoms with Crippen molar-refractivity contribution in [1.82, 2.24) is 14.4 Å². The van der Waals surface area contributed by atoms with Crippen molar-refractivity contribution in [3.63, 3.8) is 0 Å². The topological polar surface area (TPSA) is 89.6 Å². The Balaban J connectivity index is 2.17. The maximum absolute atomic E-state index is 13.3. The Bertz CT molecular complexity index is 988. The molecule has 3 rings (SSSR count). The number of barbiturate groups is 1. The van der Waals surface area contributed by atoms with E-state index in [0.717, 1.165) is 25.8 Å². The van der Waals surface area contributed by atoms with Gasteiger partial charge >= 0.3 is 6.03 Å². The normalized spacial score (nSPS) is 16.5. The van der Waals surface area contributed by atoms with Gasteiger partial charge in [0, 0.05) is 27.9 Å². The molecule has 0 spiro atoms. The van der Waals surface area contributed by atoms with Gasteiger partial charge in [-0.25, -0.2) is 14.1 Å². The Morgan fingerprint density at radius 3 is 2.06 bits per heavy atom. The number of amides is 4. The minimum absolute atomic E-state index is 0.125. The van der Waals surface area contributed by atoms with Crippen molar-refractivity contribution in [2.75, 3.05) is 14.1 Å². The van der Waals surface area contributed by atoms with Gasteiger partial charge in [-0.3, -0.25) is 19.4 Å². The molecule has 8 heteroatoms. The van der Waals surface area contributed by atoms with E-state index in [2.05, 4.69) is 0 Å². The summed E-state index contributed by atoms with van der Waals surface area (Å²) < 4.78 is 2.75. The molecule has 0 aliphatic carbocycles. The Labute approximate surface area is 182 Å². The molecule has 1 aromatic carbocycles. The Hall–Kier alpha value is -3.16.